The maximum atomic E-state index is 4.23. The lowest BCUT2D eigenvalue weighted by Crippen LogP contribution is -2.09. The number of rotatable bonds is 9. The van der Waals surface area contributed by atoms with Crippen molar-refractivity contribution >= 4 is 68.3 Å². The van der Waals surface area contributed by atoms with Gasteiger partial charge in [0.25, 0.3) is 0 Å². The number of nitrogens with one attached hydrogen (secondary N) is 1. The average molecular weight is 594 g/mol. The molecule has 0 atom stereocenters. The monoisotopic (exact) mass is 593 g/mol. The molecule has 0 aliphatic rings. The van der Waals surface area contributed by atoms with Crippen molar-refractivity contribution in [3.05, 3.63) is 176 Å². The van der Waals surface area contributed by atoms with Crippen LogP contribution in [0.4, 0.5) is 28.4 Å². The second-order valence-electron chi connectivity index (χ2n) is 11.2. The molecule has 3 heteroatoms. The summed E-state index contributed by atoms with van der Waals surface area (Å²) in [7, 11) is 0. The molecule has 7 rings (SSSR count). The molecule has 0 saturated carbocycles. The highest BCUT2D eigenvalue weighted by Crippen LogP contribution is 2.39. The molecule has 0 amide bonds. The third-order valence-corrected chi connectivity index (χ3v) is 8.37. The van der Waals surface area contributed by atoms with Gasteiger partial charge in [0.15, 0.2) is 0 Å². The van der Waals surface area contributed by atoms with Crippen molar-refractivity contribution in [2.75, 3.05) is 10.2 Å². The van der Waals surface area contributed by atoms with Crippen LogP contribution in [0.15, 0.2) is 159 Å². The van der Waals surface area contributed by atoms with Gasteiger partial charge >= 0.3 is 0 Å². The van der Waals surface area contributed by atoms with Crippen LogP contribution in [0.25, 0.3) is 45.6 Å². The van der Waals surface area contributed by atoms with E-state index in [0.717, 1.165) is 72.6 Å². The zero-order valence-electron chi connectivity index (χ0n) is 25.9. The number of hydrogen-bond donors (Lipinski definition) is 1. The summed E-state index contributed by atoms with van der Waals surface area (Å²) in [6.45, 7) is 10.4. The first-order valence-electron chi connectivity index (χ1n) is 15.5. The van der Waals surface area contributed by atoms with Crippen molar-refractivity contribution in [2.45, 2.75) is 6.92 Å². The lowest BCUT2D eigenvalue weighted by molar-refractivity contribution is 1.10. The fraction of sp³-hybridized carbons (Fsp3) is 0.0233. The number of para-hydroxylation sites is 3. The summed E-state index contributed by atoms with van der Waals surface area (Å²) in [4.78, 5) is 2.28. The van der Waals surface area contributed by atoms with E-state index >= 15 is 0 Å². The molecule has 1 aromatic heterocycles. The second-order valence-corrected chi connectivity index (χ2v) is 11.2. The van der Waals surface area contributed by atoms with E-state index in [-0.39, 0.29) is 0 Å². The SMILES string of the molecule is C=Cc1cc2cc3c(C=C)c(/C=C\C)n(-c4ccc(N(c5ccccc5)c5ccccc5)cc4)c3cc2cc1Nc1ccccc1. The number of allylic oxidation sites excluding steroid dienone is 1. The average Bonchev–Trinajstić information content (AvgIpc) is 3.40. The van der Waals surface area contributed by atoms with E-state index in [0.29, 0.717) is 0 Å². The first-order valence-corrected chi connectivity index (χ1v) is 15.5. The van der Waals surface area contributed by atoms with Crippen LogP contribution in [0.5, 0.6) is 0 Å². The molecule has 1 heterocycles. The summed E-state index contributed by atoms with van der Waals surface area (Å²) in [6.07, 6.45) is 8.15. The van der Waals surface area contributed by atoms with Gasteiger partial charge in [-0.05, 0) is 114 Å². The van der Waals surface area contributed by atoms with E-state index in [4.69, 9.17) is 0 Å². The summed E-state index contributed by atoms with van der Waals surface area (Å²) in [5.74, 6) is 0. The minimum absolute atomic E-state index is 1.02. The highest BCUT2D eigenvalue weighted by atomic mass is 15.1. The van der Waals surface area contributed by atoms with Crippen LogP contribution < -0.4 is 10.2 Å². The Morgan fingerprint density at radius 1 is 0.630 bits per heavy atom. The maximum Gasteiger partial charge on any atom is 0.0547 e. The Labute approximate surface area is 270 Å². The summed E-state index contributed by atoms with van der Waals surface area (Å²) >= 11 is 0. The molecule has 0 bridgehead atoms. The van der Waals surface area contributed by atoms with Crippen molar-refractivity contribution in [3.63, 3.8) is 0 Å². The van der Waals surface area contributed by atoms with Gasteiger partial charge < -0.3 is 14.8 Å². The molecule has 46 heavy (non-hydrogen) atoms. The van der Waals surface area contributed by atoms with Gasteiger partial charge in [-0.3, -0.25) is 0 Å². The van der Waals surface area contributed by atoms with Crippen molar-refractivity contribution in [2.24, 2.45) is 0 Å². The fourth-order valence-corrected chi connectivity index (χ4v) is 6.27. The van der Waals surface area contributed by atoms with Crippen LogP contribution in [0.2, 0.25) is 0 Å². The summed E-state index contributed by atoms with van der Waals surface area (Å²) < 4.78 is 2.34. The van der Waals surface area contributed by atoms with E-state index < -0.39 is 0 Å². The van der Waals surface area contributed by atoms with E-state index in [1.807, 2.05) is 30.4 Å². The topological polar surface area (TPSA) is 20.2 Å². The molecule has 1 N–H and O–H groups in total. The highest BCUT2D eigenvalue weighted by Gasteiger charge is 2.18. The molecule has 0 spiro atoms. The van der Waals surface area contributed by atoms with Gasteiger partial charge in [0, 0.05) is 45.1 Å². The Morgan fingerprint density at radius 2 is 1.22 bits per heavy atom. The van der Waals surface area contributed by atoms with Crippen molar-refractivity contribution < 1.29 is 0 Å². The second kappa shape index (κ2) is 12.5. The first kappa shape index (κ1) is 28.7. The number of anilines is 5. The molecule has 0 aliphatic heterocycles. The molecule has 0 unspecified atom stereocenters. The lowest BCUT2D eigenvalue weighted by Gasteiger charge is -2.25. The molecule has 0 saturated heterocycles. The summed E-state index contributed by atoms with van der Waals surface area (Å²) in [5.41, 5.74) is 10.9. The Morgan fingerprint density at radius 3 is 1.80 bits per heavy atom. The van der Waals surface area contributed by atoms with Gasteiger partial charge in [-0.2, -0.15) is 0 Å². The van der Waals surface area contributed by atoms with E-state index in [1.54, 1.807) is 0 Å². The smallest absolute Gasteiger partial charge is 0.0547 e. The Kier molecular flexibility index (Phi) is 7.80. The lowest BCUT2D eigenvalue weighted by atomic mass is 10.0. The third kappa shape index (κ3) is 5.29. The zero-order chi connectivity index (χ0) is 31.5. The Hall–Kier alpha value is -6.06. The normalized spacial score (nSPS) is 11.2. The Bertz CT molecular complexity index is 2150. The molecule has 0 radical (unpaired) electrons. The van der Waals surface area contributed by atoms with Gasteiger partial charge in [-0.25, -0.2) is 0 Å². The highest BCUT2D eigenvalue weighted by molar-refractivity contribution is 6.05. The molecule has 7 aromatic rings. The van der Waals surface area contributed by atoms with Crippen molar-refractivity contribution in [1.29, 1.82) is 0 Å². The molecule has 6 aromatic carbocycles. The van der Waals surface area contributed by atoms with Gasteiger partial charge in [0.05, 0.1) is 11.2 Å². The van der Waals surface area contributed by atoms with Crippen LogP contribution in [-0.2, 0) is 0 Å². The van der Waals surface area contributed by atoms with Gasteiger partial charge in [0.1, 0.15) is 0 Å². The number of benzene rings is 6. The van der Waals surface area contributed by atoms with Gasteiger partial charge in [-0.15, -0.1) is 0 Å². The molecule has 222 valence electrons. The summed E-state index contributed by atoms with van der Waals surface area (Å²) in [6, 6.07) is 49.1. The molecule has 0 fully saturated rings. The van der Waals surface area contributed by atoms with E-state index in [9.17, 15) is 0 Å². The minimum Gasteiger partial charge on any atom is -0.355 e. The number of hydrogen-bond acceptors (Lipinski definition) is 2. The standard InChI is InChI=1S/C43H35N3/c1-4-16-42-39(6-3)40-28-32-27-31(5-2)41(44-34-17-10-7-11-18-34)29-33(32)30-43(40)46(42)38-25-23-37(24-26-38)45(35-19-12-8-13-20-35)36-21-14-9-15-22-36/h4-30,44H,2-3H2,1H3/b16-4-. The van der Waals surface area contributed by atoms with E-state index in [1.165, 1.54) is 0 Å². The van der Waals surface area contributed by atoms with Crippen LogP contribution in [0.3, 0.4) is 0 Å². The van der Waals surface area contributed by atoms with Crippen molar-refractivity contribution in [3.8, 4) is 5.69 Å². The molecular formula is C43H35N3. The largest absolute Gasteiger partial charge is 0.355 e. The van der Waals surface area contributed by atoms with E-state index in [2.05, 4.69) is 168 Å². The zero-order valence-corrected chi connectivity index (χ0v) is 25.9. The minimum atomic E-state index is 1.02. The van der Waals surface area contributed by atoms with Crippen LogP contribution >= 0.6 is 0 Å². The van der Waals surface area contributed by atoms with Crippen LogP contribution in [0, 0.1) is 0 Å². The molecule has 3 nitrogen and oxygen atoms in total. The van der Waals surface area contributed by atoms with Gasteiger partial charge in [0.2, 0.25) is 0 Å². The fourth-order valence-electron chi connectivity index (χ4n) is 6.27. The predicted molar refractivity (Wildman–Crippen MR) is 200 cm³/mol. The predicted octanol–water partition coefficient (Wildman–Crippen LogP) is 12.3. The first-order chi connectivity index (χ1) is 22.7. The Balaban J connectivity index is 1.39. The number of aromatic nitrogens is 1. The third-order valence-electron chi connectivity index (χ3n) is 8.37. The maximum absolute atomic E-state index is 4.23. The molecule has 0 aliphatic carbocycles. The summed E-state index contributed by atoms with van der Waals surface area (Å²) in [5, 5.41) is 7.06. The van der Waals surface area contributed by atoms with Crippen molar-refractivity contribution in [1.82, 2.24) is 4.57 Å². The molecular weight excluding hydrogens is 558 g/mol. The number of fused-ring (bicyclic) bond motifs is 2. The number of nitrogens with zero attached hydrogens (tertiary/aromatic N) is 2. The van der Waals surface area contributed by atoms with Crippen LogP contribution in [0.1, 0.15) is 23.7 Å². The van der Waals surface area contributed by atoms with Crippen LogP contribution in [-0.4, -0.2) is 4.57 Å². The quantitative estimate of drug-likeness (QED) is 0.180. The van der Waals surface area contributed by atoms with Gasteiger partial charge in [-0.1, -0.05) is 86.0 Å².